The number of alkyl halides is 2. The number of amides is 3. The molecule has 1 saturated heterocycles. The lowest BCUT2D eigenvalue weighted by Crippen LogP contribution is -2.45. The van der Waals surface area contributed by atoms with Gasteiger partial charge in [-0.25, -0.2) is 4.79 Å². The summed E-state index contributed by atoms with van der Waals surface area (Å²) >= 11 is 7.28. The molecule has 4 rings (SSSR count). The fourth-order valence-corrected chi connectivity index (χ4v) is 7.03. The predicted molar refractivity (Wildman–Crippen MR) is 123 cm³/mol. The van der Waals surface area contributed by atoms with Crippen molar-refractivity contribution in [1.82, 2.24) is 4.90 Å². The zero-order valence-electron chi connectivity index (χ0n) is 17.6. The van der Waals surface area contributed by atoms with Crippen molar-refractivity contribution in [2.75, 3.05) is 18.5 Å². The Balaban J connectivity index is 1.36. The van der Waals surface area contributed by atoms with E-state index in [4.69, 9.17) is 9.47 Å². The number of para-hydroxylation sites is 2. The van der Waals surface area contributed by atoms with Crippen LogP contribution in [0.25, 0.3) is 0 Å². The van der Waals surface area contributed by atoms with Crippen molar-refractivity contribution in [3.8, 4) is 5.75 Å². The van der Waals surface area contributed by atoms with Gasteiger partial charge in [0, 0.05) is 9.65 Å². The van der Waals surface area contributed by atoms with E-state index in [2.05, 4.69) is 37.2 Å². The molecule has 0 unspecified atom stereocenters. The van der Waals surface area contributed by atoms with Crippen LogP contribution in [0, 0.1) is 23.7 Å². The molecule has 1 aliphatic heterocycles. The molecule has 0 aromatic heterocycles. The van der Waals surface area contributed by atoms with Gasteiger partial charge in [0.15, 0.2) is 6.61 Å². The van der Waals surface area contributed by atoms with Gasteiger partial charge in [0.2, 0.25) is 11.8 Å². The Labute approximate surface area is 202 Å². The predicted octanol–water partition coefficient (Wildman–Crippen LogP) is 2.73. The zero-order valence-corrected chi connectivity index (χ0v) is 20.8. The lowest BCUT2D eigenvalue weighted by atomic mass is 9.81. The Bertz CT molecular complexity index is 924. The number of imide groups is 1. The number of hydrogen-bond donors (Lipinski definition) is 1. The van der Waals surface area contributed by atoms with Crippen LogP contribution in [0.2, 0.25) is 0 Å². The van der Waals surface area contributed by atoms with Crippen molar-refractivity contribution in [2.45, 2.75) is 36.0 Å². The number of rotatable bonds is 7. The molecule has 7 atom stereocenters. The molecule has 172 valence electrons. The Morgan fingerprint density at radius 2 is 1.72 bits per heavy atom. The molecule has 10 heteroatoms. The number of nitrogens with one attached hydrogen (secondary N) is 1. The lowest BCUT2D eigenvalue weighted by molar-refractivity contribution is -0.159. The van der Waals surface area contributed by atoms with Crippen LogP contribution in [-0.2, 0) is 23.9 Å². The second-order valence-electron chi connectivity index (χ2n) is 8.31. The first kappa shape index (κ1) is 23.2. The SMILES string of the molecule is CCOc1ccccc1NC(=O)COC(=O)[C@H](C)N1C(=O)[C@@H]2[C@H]3C[C@@H]([C@@H](Br)[C@H]3Br)[C@H]2C1=O. The van der Waals surface area contributed by atoms with E-state index in [-0.39, 0.29) is 33.3 Å². The summed E-state index contributed by atoms with van der Waals surface area (Å²) in [6.45, 7) is 3.19. The van der Waals surface area contributed by atoms with Crippen molar-refractivity contribution in [1.29, 1.82) is 0 Å². The highest BCUT2D eigenvalue weighted by Crippen LogP contribution is 2.60. The smallest absolute Gasteiger partial charge is 0.329 e. The second kappa shape index (κ2) is 9.13. The van der Waals surface area contributed by atoms with Crippen LogP contribution in [0.3, 0.4) is 0 Å². The topological polar surface area (TPSA) is 102 Å². The van der Waals surface area contributed by atoms with Crippen molar-refractivity contribution < 1.29 is 28.7 Å². The van der Waals surface area contributed by atoms with Crippen molar-refractivity contribution in [2.24, 2.45) is 23.7 Å². The summed E-state index contributed by atoms with van der Waals surface area (Å²) in [5.41, 5.74) is 0.463. The van der Waals surface area contributed by atoms with Gasteiger partial charge < -0.3 is 14.8 Å². The molecule has 3 amide bonds. The third-order valence-electron chi connectivity index (χ3n) is 6.56. The second-order valence-corrected chi connectivity index (χ2v) is 10.4. The van der Waals surface area contributed by atoms with Gasteiger partial charge in [0.25, 0.3) is 5.91 Å². The van der Waals surface area contributed by atoms with Crippen LogP contribution in [0.15, 0.2) is 24.3 Å². The highest BCUT2D eigenvalue weighted by Gasteiger charge is 2.67. The number of benzene rings is 1. The van der Waals surface area contributed by atoms with Crippen LogP contribution < -0.4 is 10.1 Å². The molecule has 2 aliphatic carbocycles. The van der Waals surface area contributed by atoms with Gasteiger partial charge in [-0.1, -0.05) is 44.0 Å². The summed E-state index contributed by atoms with van der Waals surface area (Å²) in [5, 5.41) is 2.64. The molecular weight excluding hydrogens is 548 g/mol. The van der Waals surface area contributed by atoms with Gasteiger partial charge in [0.1, 0.15) is 11.8 Å². The van der Waals surface area contributed by atoms with Crippen LogP contribution in [0.4, 0.5) is 5.69 Å². The molecular formula is C22H24Br2N2O6. The Hall–Kier alpha value is -1.94. The molecule has 2 bridgehead atoms. The fraction of sp³-hybridized carbons (Fsp3) is 0.545. The fourth-order valence-electron chi connectivity index (χ4n) is 5.15. The van der Waals surface area contributed by atoms with Gasteiger partial charge in [0.05, 0.1) is 24.1 Å². The third-order valence-corrected chi connectivity index (χ3v) is 9.76. The van der Waals surface area contributed by atoms with E-state index in [0.29, 0.717) is 18.0 Å². The molecule has 0 radical (unpaired) electrons. The summed E-state index contributed by atoms with van der Waals surface area (Å²) in [6, 6.07) is 5.83. The van der Waals surface area contributed by atoms with E-state index in [1.165, 1.54) is 6.92 Å². The van der Waals surface area contributed by atoms with E-state index in [1.54, 1.807) is 24.3 Å². The maximum atomic E-state index is 13.0. The Morgan fingerprint density at radius 1 is 1.12 bits per heavy atom. The normalized spacial score (nSPS) is 31.4. The Kier molecular flexibility index (Phi) is 6.63. The number of nitrogens with zero attached hydrogens (tertiary/aromatic N) is 1. The number of esters is 1. The number of ether oxygens (including phenoxy) is 2. The molecule has 0 spiro atoms. The van der Waals surface area contributed by atoms with Gasteiger partial charge in [-0.05, 0) is 44.2 Å². The number of likely N-dealkylation sites (tertiary alicyclic amines) is 1. The zero-order chi connectivity index (χ0) is 23.2. The molecule has 3 aliphatic rings. The third kappa shape index (κ3) is 3.85. The van der Waals surface area contributed by atoms with E-state index in [0.717, 1.165) is 11.3 Å². The molecule has 32 heavy (non-hydrogen) atoms. The minimum Gasteiger partial charge on any atom is -0.492 e. The van der Waals surface area contributed by atoms with Crippen LogP contribution >= 0.6 is 31.9 Å². The van der Waals surface area contributed by atoms with Gasteiger partial charge in [-0.15, -0.1) is 0 Å². The quantitative estimate of drug-likeness (QED) is 0.307. The minimum absolute atomic E-state index is 0.0650. The maximum Gasteiger partial charge on any atom is 0.329 e. The summed E-state index contributed by atoms with van der Waals surface area (Å²) in [7, 11) is 0. The standard InChI is InChI=1S/C22H24Br2N2O6/c1-3-31-14-7-5-4-6-13(14)25-15(27)9-32-22(30)10(2)26-20(28)16-11-8-12(17(16)21(26)29)19(24)18(11)23/h4-7,10-12,16-19H,3,8-9H2,1-2H3,(H,25,27)/t10-,11+,12+,16+,17+,18-,19+/m0/s1. The first-order valence-electron chi connectivity index (χ1n) is 10.6. The van der Waals surface area contributed by atoms with Crippen LogP contribution in [0.1, 0.15) is 20.3 Å². The van der Waals surface area contributed by atoms with E-state index in [9.17, 15) is 19.2 Å². The summed E-state index contributed by atoms with van der Waals surface area (Å²) in [5.74, 6) is -2.16. The highest BCUT2D eigenvalue weighted by molar-refractivity contribution is 9.12. The first-order chi connectivity index (χ1) is 15.3. The molecule has 1 heterocycles. The number of fused-ring (bicyclic) bond motifs is 5. The molecule has 1 N–H and O–H groups in total. The van der Waals surface area contributed by atoms with Crippen LogP contribution in [0.5, 0.6) is 5.75 Å². The first-order valence-corrected chi connectivity index (χ1v) is 12.4. The number of hydrogen-bond acceptors (Lipinski definition) is 6. The average Bonchev–Trinajstić information content (AvgIpc) is 3.38. The number of halogens is 2. The van der Waals surface area contributed by atoms with E-state index >= 15 is 0 Å². The van der Waals surface area contributed by atoms with Crippen molar-refractivity contribution >= 4 is 61.2 Å². The highest BCUT2D eigenvalue weighted by atomic mass is 79.9. The van der Waals surface area contributed by atoms with E-state index < -0.39 is 36.4 Å². The molecule has 1 aromatic rings. The van der Waals surface area contributed by atoms with Crippen molar-refractivity contribution in [3.63, 3.8) is 0 Å². The number of carbonyl (C=O) groups is 4. The van der Waals surface area contributed by atoms with Crippen molar-refractivity contribution in [3.05, 3.63) is 24.3 Å². The largest absolute Gasteiger partial charge is 0.492 e. The van der Waals surface area contributed by atoms with Gasteiger partial charge in [-0.3, -0.25) is 19.3 Å². The van der Waals surface area contributed by atoms with E-state index in [1.807, 2.05) is 6.92 Å². The molecule has 2 saturated carbocycles. The number of carbonyl (C=O) groups excluding carboxylic acids is 4. The number of anilines is 1. The Morgan fingerprint density at radius 3 is 2.31 bits per heavy atom. The van der Waals surface area contributed by atoms with Gasteiger partial charge in [-0.2, -0.15) is 0 Å². The monoisotopic (exact) mass is 570 g/mol. The minimum atomic E-state index is -1.09. The summed E-state index contributed by atoms with van der Waals surface area (Å²) in [4.78, 5) is 52.2. The lowest BCUT2D eigenvalue weighted by Gasteiger charge is -2.28. The van der Waals surface area contributed by atoms with Gasteiger partial charge >= 0.3 is 5.97 Å². The summed E-state index contributed by atoms with van der Waals surface area (Å²) in [6.07, 6.45) is 0.814. The molecule has 8 nitrogen and oxygen atoms in total. The maximum absolute atomic E-state index is 13.0. The summed E-state index contributed by atoms with van der Waals surface area (Å²) < 4.78 is 10.6. The molecule has 3 fully saturated rings. The molecule has 1 aromatic carbocycles. The van der Waals surface area contributed by atoms with Crippen LogP contribution in [-0.4, -0.2) is 57.5 Å². The average molecular weight is 572 g/mol.